The van der Waals surface area contributed by atoms with Crippen LogP contribution >= 0.6 is 23.4 Å². The molecular formula is C21H18ClFN2O3S. The number of hydrogen-bond acceptors (Lipinski definition) is 5. The van der Waals surface area contributed by atoms with Crippen LogP contribution in [0.15, 0.2) is 59.7 Å². The summed E-state index contributed by atoms with van der Waals surface area (Å²) in [7, 11) is 3.10. The predicted molar refractivity (Wildman–Crippen MR) is 117 cm³/mol. The molecular weight excluding hydrogens is 415 g/mol. The highest BCUT2D eigenvalue weighted by atomic mass is 35.5. The number of nitrogens with zero attached hydrogens (tertiary/aromatic N) is 2. The maximum atomic E-state index is 13.6. The Bertz CT molecular complexity index is 1020. The van der Waals surface area contributed by atoms with Crippen molar-refractivity contribution >= 4 is 46.2 Å². The molecule has 0 fully saturated rings. The van der Waals surface area contributed by atoms with Crippen LogP contribution in [-0.2, 0) is 4.79 Å². The van der Waals surface area contributed by atoms with Gasteiger partial charge >= 0.3 is 0 Å². The summed E-state index contributed by atoms with van der Waals surface area (Å²) in [5, 5.41) is 0.383. The maximum absolute atomic E-state index is 13.6. The number of benzene rings is 2. The molecule has 0 saturated heterocycles. The van der Waals surface area contributed by atoms with Gasteiger partial charge in [0.25, 0.3) is 5.91 Å². The van der Waals surface area contributed by atoms with Crippen molar-refractivity contribution in [3.05, 3.63) is 71.2 Å². The van der Waals surface area contributed by atoms with E-state index >= 15 is 0 Å². The van der Waals surface area contributed by atoms with E-state index in [9.17, 15) is 9.18 Å². The fraction of sp³-hybridized carbons (Fsp3) is 0.143. The smallest absolute Gasteiger partial charge is 0.283 e. The summed E-state index contributed by atoms with van der Waals surface area (Å²) in [6.45, 7) is 3.70. The number of amidine groups is 1. The lowest BCUT2D eigenvalue weighted by Crippen LogP contribution is -2.30. The van der Waals surface area contributed by atoms with Crippen LogP contribution in [-0.4, -0.2) is 31.0 Å². The number of ether oxygens (including phenoxy) is 2. The lowest BCUT2D eigenvalue weighted by atomic mass is 10.1. The fourth-order valence-corrected chi connectivity index (χ4v) is 3.59. The van der Waals surface area contributed by atoms with Gasteiger partial charge in [-0.25, -0.2) is 9.38 Å². The quantitative estimate of drug-likeness (QED) is 0.467. The first kappa shape index (κ1) is 21.0. The van der Waals surface area contributed by atoms with Gasteiger partial charge in [-0.3, -0.25) is 9.69 Å². The summed E-state index contributed by atoms with van der Waals surface area (Å²) in [4.78, 5) is 19.0. The van der Waals surface area contributed by atoms with E-state index < -0.39 is 5.82 Å². The molecule has 1 heterocycles. The highest BCUT2D eigenvalue weighted by molar-refractivity contribution is 8.14. The molecule has 0 N–H and O–H groups in total. The van der Waals surface area contributed by atoms with E-state index in [2.05, 4.69) is 11.6 Å². The van der Waals surface area contributed by atoms with Crippen molar-refractivity contribution < 1.29 is 18.7 Å². The Hall–Kier alpha value is -2.77. The van der Waals surface area contributed by atoms with Gasteiger partial charge in [-0.2, -0.15) is 0 Å². The van der Waals surface area contributed by atoms with Crippen LogP contribution < -0.4 is 14.4 Å². The summed E-state index contributed by atoms with van der Waals surface area (Å²) in [6, 6.07) is 9.37. The second-order valence-corrected chi connectivity index (χ2v) is 7.26. The van der Waals surface area contributed by atoms with Crippen LogP contribution in [0.3, 0.4) is 0 Å². The van der Waals surface area contributed by atoms with E-state index in [0.717, 1.165) is 0 Å². The van der Waals surface area contributed by atoms with Gasteiger partial charge in [-0.05, 0) is 36.4 Å². The van der Waals surface area contributed by atoms with E-state index in [1.165, 1.54) is 42.0 Å². The number of amides is 1. The van der Waals surface area contributed by atoms with Crippen molar-refractivity contribution in [2.75, 3.05) is 24.9 Å². The van der Waals surface area contributed by atoms with E-state index in [-0.39, 0.29) is 16.6 Å². The molecule has 5 nitrogen and oxygen atoms in total. The van der Waals surface area contributed by atoms with Gasteiger partial charge in [0.1, 0.15) is 23.0 Å². The number of methoxy groups -OCH3 is 2. The monoisotopic (exact) mass is 432 g/mol. The molecule has 1 aliphatic rings. The molecule has 0 aliphatic carbocycles. The minimum absolute atomic E-state index is 0.0716. The minimum Gasteiger partial charge on any atom is -0.497 e. The van der Waals surface area contributed by atoms with E-state index in [0.29, 0.717) is 33.7 Å². The molecule has 1 aliphatic heterocycles. The number of anilines is 1. The Kier molecular flexibility index (Phi) is 6.61. The topological polar surface area (TPSA) is 51.1 Å². The normalized spacial score (nSPS) is 14.9. The first-order valence-corrected chi connectivity index (χ1v) is 9.90. The number of halogens is 2. The summed E-state index contributed by atoms with van der Waals surface area (Å²) in [5.74, 6) is 0.824. The van der Waals surface area contributed by atoms with Gasteiger partial charge in [0, 0.05) is 17.4 Å². The van der Waals surface area contributed by atoms with Crippen LogP contribution in [0.4, 0.5) is 10.1 Å². The first-order chi connectivity index (χ1) is 14.0. The van der Waals surface area contributed by atoms with Crippen molar-refractivity contribution in [1.82, 2.24) is 0 Å². The van der Waals surface area contributed by atoms with Gasteiger partial charge in [0.2, 0.25) is 0 Å². The third kappa shape index (κ3) is 4.46. The van der Waals surface area contributed by atoms with Crippen LogP contribution in [0.2, 0.25) is 5.02 Å². The molecule has 29 heavy (non-hydrogen) atoms. The number of thioether (sulfide) groups is 1. The molecule has 0 bridgehead atoms. The SMILES string of the molecule is C=CCSC1=N/C(=C\c2ccc(OC)cc2OC)C(=O)N1c1ccc(F)c(Cl)c1. The lowest BCUT2D eigenvalue weighted by molar-refractivity contribution is -0.113. The molecule has 2 aromatic carbocycles. The molecule has 1 amide bonds. The first-order valence-electron chi connectivity index (χ1n) is 8.54. The molecule has 3 rings (SSSR count). The fourth-order valence-electron chi connectivity index (χ4n) is 2.66. The second-order valence-electron chi connectivity index (χ2n) is 5.87. The number of hydrogen-bond donors (Lipinski definition) is 0. The third-order valence-electron chi connectivity index (χ3n) is 4.05. The zero-order valence-corrected chi connectivity index (χ0v) is 17.4. The number of carbonyl (C=O) groups is 1. The summed E-state index contributed by atoms with van der Waals surface area (Å²) in [5.41, 5.74) is 1.33. The lowest BCUT2D eigenvalue weighted by Gasteiger charge is -2.17. The zero-order valence-electron chi connectivity index (χ0n) is 15.8. The van der Waals surface area contributed by atoms with Crippen molar-refractivity contribution in [3.63, 3.8) is 0 Å². The van der Waals surface area contributed by atoms with Gasteiger partial charge in [-0.1, -0.05) is 29.4 Å². The highest BCUT2D eigenvalue weighted by Crippen LogP contribution is 2.33. The molecule has 8 heteroatoms. The summed E-state index contributed by atoms with van der Waals surface area (Å²) < 4.78 is 24.2. The predicted octanol–water partition coefficient (Wildman–Crippen LogP) is 5.16. The molecule has 0 saturated carbocycles. The zero-order chi connectivity index (χ0) is 21.0. The summed E-state index contributed by atoms with van der Waals surface area (Å²) in [6.07, 6.45) is 3.35. The molecule has 0 aromatic heterocycles. The Balaban J connectivity index is 2.03. The molecule has 0 spiro atoms. The molecule has 2 aromatic rings. The van der Waals surface area contributed by atoms with Gasteiger partial charge in [0.15, 0.2) is 5.17 Å². The molecule has 0 atom stereocenters. The van der Waals surface area contributed by atoms with Crippen LogP contribution in [0.1, 0.15) is 5.56 Å². The van der Waals surface area contributed by atoms with E-state index in [1.54, 1.807) is 37.5 Å². The van der Waals surface area contributed by atoms with Crippen molar-refractivity contribution in [1.29, 1.82) is 0 Å². The second kappa shape index (κ2) is 9.15. The minimum atomic E-state index is -0.557. The van der Waals surface area contributed by atoms with Crippen LogP contribution in [0.25, 0.3) is 6.08 Å². The molecule has 150 valence electrons. The van der Waals surface area contributed by atoms with Crippen LogP contribution in [0.5, 0.6) is 11.5 Å². The van der Waals surface area contributed by atoms with E-state index in [1.807, 2.05) is 0 Å². The van der Waals surface area contributed by atoms with Crippen molar-refractivity contribution in [2.24, 2.45) is 4.99 Å². The van der Waals surface area contributed by atoms with Gasteiger partial charge in [-0.15, -0.1) is 6.58 Å². The van der Waals surface area contributed by atoms with E-state index in [4.69, 9.17) is 21.1 Å². The summed E-state index contributed by atoms with van der Waals surface area (Å²) >= 11 is 7.25. The third-order valence-corrected chi connectivity index (χ3v) is 5.28. The maximum Gasteiger partial charge on any atom is 0.283 e. The average molecular weight is 433 g/mol. The Labute approximate surface area is 177 Å². The number of carbonyl (C=O) groups excluding carboxylic acids is 1. The largest absolute Gasteiger partial charge is 0.497 e. The van der Waals surface area contributed by atoms with Gasteiger partial charge in [0.05, 0.1) is 24.9 Å². The van der Waals surface area contributed by atoms with Crippen molar-refractivity contribution in [2.45, 2.75) is 0 Å². The number of aliphatic imine (C=N–C) groups is 1. The highest BCUT2D eigenvalue weighted by Gasteiger charge is 2.32. The molecule has 0 radical (unpaired) electrons. The number of rotatable bonds is 6. The van der Waals surface area contributed by atoms with Crippen LogP contribution in [0, 0.1) is 5.82 Å². The van der Waals surface area contributed by atoms with Gasteiger partial charge < -0.3 is 9.47 Å². The molecule has 0 unspecified atom stereocenters. The van der Waals surface area contributed by atoms with Crippen molar-refractivity contribution in [3.8, 4) is 11.5 Å². The standard InChI is InChI=1S/C21H18ClFN2O3S/c1-4-9-29-21-24-18(10-13-5-7-15(27-2)12-19(13)28-3)20(26)25(21)14-6-8-17(23)16(22)11-14/h4-8,10-12H,1,9H2,2-3H3/b18-10-. The Morgan fingerprint density at radius 1 is 1.24 bits per heavy atom. The Morgan fingerprint density at radius 3 is 2.69 bits per heavy atom. The average Bonchev–Trinajstić information content (AvgIpc) is 3.03. The Morgan fingerprint density at radius 2 is 2.03 bits per heavy atom.